The maximum atomic E-state index is 12.7. The molecule has 27 heavy (non-hydrogen) atoms. The lowest BCUT2D eigenvalue weighted by atomic mass is 9.79. The van der Waals surface area contributed by atoms with Crippen molar-refractivity contribution in [1.82, 2.24) is 19.7 Å². The van der Waals surface area contributed by atoms with E-state index in [0.717, 1.165) is 53.5 Å². The van der Waals surface area contributed by atoms with Gasteiger partial charge in [-0.3, -0.25) is 4.79 Å². The van der Waals surface area contributed by atoms with Crippen molar-refractivity contribution in [1.29, 1.82) is 0 Å². The Morgan fingerprint density at radius 3 is 2.70 bits per heavy atom. The number of carbonyl (C=O) groups is 1. The zero-order chi connectivity index (χ0) is 18.8. The second-order valence-corrected chi connectivity index (χ2v) is 7.54. The molecule has 6 heteroatoms. The van der Waals surface area contributed by atoms with Crippen LogP contribution in [0.25, 0.3) is 22.2 Å². The zero-order valence-electron chi connectivity index (χ0n) is 15.5. The van der Waals surface area contributed by atoms with Crippen molar-refractivity contribution in [2.45, 2.75) is 32.1 Å². The van der Waals surface area contributed by atoms with Crippen LogP contribution >= 0.6 is 0 Å². The number of fused-ring (bicyclic) bond motifs is 1. The van der Waals surface area contributed by atoms with Gasteiger partial charge in [0.25, 0.3) is 0 Å². The molecule has 1 aliphatic rings. The van der Waals surface area contributed by atoms with E-state index < -0.39 is 0 Å². The molecule has 1 fully saturated rings. The molecule has 2 aromatic heterocycles. The molecular weight excluding hydrogens is 340 g/mol. The second kappa shape index (κ2) is 7.56. The number of carbonyl (C=O) groups excluding carboxylic acids is 1. The molecular formula is C21H24N4O2. The van der Waals surface area contributed by atoms with E-state index in [2.05, 4.69) is 21.2 Å². The van der Waals surface area contributed by atoms with Crippen LogP contribution in [0.2, 0.25) is 0 Å². The molecule has 1 N–H and O–H groups in total. The highest BCUT2D eigenvalue weighted by molar-refractivity contribution is 5.86. The second-order valence-electron chi connectivity index (χ2n) is 7.54. The third-order valence-corrected chi connectivity index (χ3v) is 5.66. The number of nitrogens with zero attached hydrogens (tertiary/aromatic N) is 4. The predicted octanol–water partition coefficient (Wildman–Crippen LogP) is 2.94. The van der Waals surface area contributed by atoms with Gasteiger partial charge in [0.2, 0.25) is 0 Å². The molecule has 1 aliphatic carbocycles. The summed E-state index contributed by atoms with van der Waals surface area (Å²) in [6.07, 6.45) is 7.55. The van der Waals surface area contributed by atoms with Crippen LogP contribution in [0.1, 0.15) is 31.4 Å². The summed E-state index contributed by atoms with van der Waals surface area (Å²) in [4.78, 5) is 16.8. The highest BCUT2D eigenvalue weighted by atomic mass is 16.3. The summed E-state index contributed by atoms with van der Waals surface area (Å²) in [5, 5.41) is 18.8. The maximum Gasteiger partial charge on any atom is 0.141 e. The first-order valence-corrected chi connectivity index (χ1v) is 9.50. The van der Waals surface area contributed by atoms with Crippen molar-refractivity contribution in [2.24, 2.45) is 18.9 Å². The van der Waals surface area contributed by atoms with E-state index in [1.807, 2.05) is 36.0 Å². The van der Waals surface area contributed by atoms with E-state index in [1.54, 1.807) is 6.33 Å². The van der Waals surface area contributed by atoms with Crippen LogP contribution in [-0.4, -0.2) is 37.2 Å². The minimum absolute atomic E-state index is 0.0890. The molecule has 0 amide bonds. The lowest BCUT2D eigenvalue weighted by Gasteiger charge is -2.26. The van der Waals surface area contributed by atoms with Crippen LogP contribution < -0.4 is 0 Å². The first-order valence-electron chi connectivity index (χ1n) is 9.50. The first kappa shape index (κ1) is 17.8. The van der Waals surface area contributed by atoms with Crippen LogP contribution in [0.15, 0.2) is 36.8 Å². The van der Waals surface area contributed by atoms with Gasteiger partial charge in [-0.2, -0.15) is 10.2 Å². The van der Waals surface area contributed by atoms with E-state index in [4.69, 9.17) is 0 Å². The van der Waals surface area contributed by atoms with Crippen molar-refractivity contribution < 1.29 is 9.90 Å². The van der Waals surface area contributed by atoms with Gasteiger partial charge >= 0.3 is 0 Å². The number of Topliss-reactive ketones (excluding diaryl/α,β-unsaturated/α-hetero) is 1. The molecule has 0 radical (unpaired) electrons. The summed E-state index contributed by atoms with van der Waals surface area (Å²) in [6, 6.07) is 8.01. The summed E-state index contributed by atoms with van der Waals surface area (Å²) in [6.45, 7) is 0.232. The number of benzene rings is 1. The van der Waals surface area contributed by atoms with Crippen molar-refractivity contribution >= 4 is 16.7 Å². The lowest BCUT2D eigenvalue weighted by molar-refractivity contribution is -0.123. The SMILES string of the molecule is Cn1cncc1-c1ccc2nnc(CC(=O)C3CCC(CO)CC3)cc2c1. The van der Waals surface area contributed by atoms with E-state index in [-0.39, 0.29) is 18.3 Å². The normalized spacial score (nSPS) is 20.1. The highest BCUT2D eigenvalue weighted by Crippen LogP contribution is 2.30. The van der Waals surface area contributed by atoms with Crippen LogP contribution in [0.3, 0.4) is 0 Å². The van der Waals surface area contributed by atoms with E-state index in [9.17, 15) is 9.90 Å². The molecule has 0 aliphatic heterocycles. The summed E-state index contributed by atoms with van der Waals surface area (Å²) >= 11 is 0. The van der Waals surface area contributed by atoms with Gasteiger partial charge in [-0.05, 0) is 49.8 Å². The van der Waals surface area contributed by atoms with Gasteiger partial charge in [-0.1, -0.05) is 6.07 Å². The van der Waals surface area contributed by atoms with E-state index >= 15 is 0 Å². The van der Waals surface area contributed by atoms with Gasteiger partial charge in [0.1, 0.15) is 5.78 Å². The molecule has 1 aromatic carbocycles. The third-order valence-electron chi connectivity index (χ3n) is 5.66. The van der Waals surface area contributed by atoms with Gasteiger partial charge in [-0.25, -0.2) is 4.98 Å². The summed E-state index contributed by atoms with van der Waals surface area (Å²) in [5.41, 5.74) is 3.64. The number of imidazole rings is 1. The van der Waals surface area contributed by atoms with Gasteiger partial charge in [0.05, 0.1) is 35.8 Å². The van der Waals surface area contributed by atoms with E-state index in [1.165, 1.54) is 0 Å². The van der Waals surface area contributed by atoms with Crippen molar-refractivity contribution in [2.75, 3.05) is 6.61 Å². The smallest absolute Gasteiger partial charge is 0.141 e. The van der Waals surface area contributed by atoms with Crippen molar-refractivity contribution in [3.8, 4) is 11.3 Å². The molecule has 0 bridgehead atoms. The zero-order valence-corrected chi connectivity index (χ0v) is 15.5. The number of aliphatic hydroxyl groups excluding tert-OH is 1. The minimum Gasteiger partial charge on any atom is -0.396 e. The molecule has 0 saturated heterocycles. The van der Waals surface area contributed by atoms with Gasteiger partial charge < -0.3 is 9.67 Å². The number of aryl methyl sites for hydroxylation is 1. The van der Waals surface area contributed by atoms with Gasteiger partial charge in [0.15, 0.2) is 0 Å². The average molecular weight is 364 g/mol. The molecule has 6 nitrogen and oxygen atoms in total. The maximum absolute atomic E-state index is 12.7. The number of ketones is 1. The topological polar surface area (TPSA) is 80.9 Å². The summed E-state index contributed by atoms with van der Waals surface area (Å²) < 4.78 is 1.98. The van der Waals surface area contributed by atoms with E-state index in [0.29, 0.717) is 12.3 Å². The molecule has 0 spiro atoms. The van der Waals surface area contributed by atoms with Gasteiger partial charge in [-0.15, -0.1) is 0 Å². The molecule has 0 unspecified atom stereocenters. The molecule has 140 valence electrons. The average Bonchev–Trinajstić information content (AvgIpc) is 3.13. The Morgan fingerprint density at radius 1 is 1.19 bits per heavy atom. The Kier molecular flexibility index (Phi) is 4.99. The Hall–Kier alpha value is -2.60. The fraction of sp³-hybridized carbons (Fsp3) is 0.429. The summed E-state index contributed by atoms with van der Waals surface area (Å²) in [5.74, 6) is 0.689. The van der Waals surface area contributed by atoms with Crippen LogP contribution in [0.5, 0.6) is 0 Å². The number of rotatable bonds is 5. The molecule has 4 rings (SSSR count). The van der Waals surface area contributed by atoms with Gasteiger partial charge in [0, 0.05) is 30.5 Å². The number of aliphatic hydroxyl groups is 1. The lowest BCUT2D eigenvalue weighted by Crippen LogP contribution is -2.24. The number of hydrogen-bond acceptors (Lipinski definition) is 5. The Bertz CT molecular complexity index is 958. The standard InChI is InChI=1S/C21H24N4O2/c1-25-13-22-11-20(25)16-6-7-19-17(8-16)9-18(23-24-19)10-21(27)15-4-2-14(12-26)3-5-15/h6-9,11,13-15,26H,2-5,10,12H2,1H3. The molecule has 2 heterocycles. The highest BCUT2D eigenvalue weighted by Gasteiger charge is 2.26. The van der Waals surface area contributed by atoms with Crippen LogP contribution in [0.4, 0.5) is 0 Å². The summed E-state index contributed by atoms with van der Waals surface area (Å²) in [7, 11) is 1.97. The third kappa shape index (κ3) is 3.76. The first-order chi connectivity index (χ1) is 13.1. The van der Waals surface area contributed by atoms with Crippen molar-refractivity contribution in [3.63, 3.8) is 0 Å². The fourth-order valence-electron chi connectivity index (χ4n) is 3.96. The fourth-order valence-corrected chi connectivity index (χ4v) is 3.96. The Balaban J connectivity index is 1.52. The largest absolute Gasteiger partial charge is 0.396 e. The Labute approximate surface area is 158 Å². The van der Waals surface area contributed by atoms with Crippen LogP contribution in [0, 0.1) is 11.8 Å². The van der Waals surface area contributed by atoms with Crippen LogP contribution in [-0.2, 0) is 18.3 Å². The van der Waals surface area contributed by atoms with Crippen molar-refractivity contribution in [3.05, 3.63) is 42.5 Å². The monoisotopic (exact) mass is 364 g/mol. The number of hydrogen-bond donors (Lipinski definition) is 1. The predicted molar refractivity (Wildman–Crippen MR) is 103 cm³/mol. The number of aromatic nitrogens is 4. The molecule has 3 aromatic rings. The minimum atomic E-state index is 0.0890. The molecule has 1 saturated carbocycles. The molecule has 0 atom stereocenters. The Morgan fingerprint density at radius 2 is 2.00 bits per heavy atom. The quantitative estimate of drug-likeness (QED) is 0.753.